The summed E-state index contributed by atoms with van der Waals surface area (Å²) in [6, 6.07) is 16.8. The monoisotopic (exact) mass is 495 g/mol. The van der Waals surface area contributed by atoms with Crippen LogP contribution < -0.4 is 20.3 Å². The zero-order valence-corrected chi connectivity index (χ0v) is 20.2. The van der Waals surface area contributed by atoms with Gasteiger partial charge in [-0.25, -0.2) is 8.42 Å². The number of carbonyl (C=O) groups is 3. The van der Waals surface area contributed by atoms with Gasteiger partial charge in [0.2, 0.25) is 0 Å². The molecule has 0 aliphatic heterocycles. The van der Waals surface area contributed by atoms with Crippen LogP contribution in [0.25, 0.3) is 0 Å². The number of para-hydroxylation sites is 1. The number of aryl methyl sites for hydroxylation is 2. The fraction of sp³-hybridized carbons (Fsp3) is 0.160. The van der Waals surface area contributed by atoms with Crippen molar-refractivity contribution in [2.45, 2.75) is 25.7 Å². The lowest BCUT2D eigenvalue weighted by Gasteiger charge is -2.12. The summed E-state index contributed by atoms with van der Waals surface area (Å²) in [6.07, 6.45) is 0. The van der Waals surface area contributed by atoms with Crippen LogP contribution >= 0.6 is 0 Å². The first kappa shape index (κ1) is 25.4. The molecule has 10 heteroatoms. The zero-order chi connectivity index (χ0) is 25.6. The van der Waals surface area contributed by atoms with Crippen LogP contribution in [0.2, 0.25) is 0 Å². The Morgan fingerprint density at radius 2 is 1.37 bits per heavy atom. The van der Waals surface area contributed by atoms with E-state index in [1.54, 1.807) is 0 Å². The molecule has 3 aromatic rings. The fourth-order valence-corrected chi connectivity index (χ4v) is 4.23. The summed E-state index contributed by atoms with van der Waals surface area (Å²) < 4.78 is 33.1. The first-order valence-electron chi connectivity index (χ1n) is 10.6. The molecule has 35 heavy (non-hydrogen) atoms. The highest BCUT2D eigenvalue weighted by atomic mass is 32.2. The molecule has 9 nitrogen and oxygen atoms in total. The molecule has 0 fully saturated rings. The van der Waals surface area contributed by atoms with Crippen molar-refractivity contribution in [2.24, 2.45) is 0 Å². The molecule has 2 amide bonds. The molecule has 0 aliphatic carbocycles. The molecule has 0 saturated carbocycles. The number of hydrazine groups is 1. The third-order valence-corrected chi connectivity index (χ3v) is 6.44. The number of carbonyl (C=O) groups excluding carboxylic acids is 3. The standard InChI is InChI=1S/C25H25N3O6S/c1-16-5-4-6-17(2)24(16)34-15-23(30)26-27-25(31)20-7-11-21(12-8-20)28-35(32,33)22-13-9-19(10-14-22)18(3)29/h4-14,28H,15H2,1-3H3,(H,26,30)(H,27,31). The van der Waals surface area contributed by atoms with Crippen LogP contribution in [0, 0.1) is 13.8 Å². The van der Waals surface area contributed by atoms with Crippen LogP contribution in [-0.4, -0.2) is 32.6 Å². The summed E-state index contributed by atoms with van der Waals surface area (Å²) in [4.78, 5) is 35.7. The zero-order valence-electron chi connectivity index (χ0n) is 19.4. The number of benzene rings is 3. The Labute approximate surface area is 203 Å². The number of anilines is 1. The smallest absolute Gasteiger partial charge is 0.276 e. The van der Waals surface area contributed by atoms with Gasteiger partial charge in [-0.2, -0.15) is 0 Å². The highest BCUT2D eigenvalue weighted by Crippen LogP contribution is 2.22. The first-order valence-corrected chi connectivity index (χ1v) is 12.1. The second-order valence-corrected chi connectivity index (χ2v) is 9.46. The number of amides is 2. The van der Waals surface area contributed by atoms with Gasteiger partial charge in [0.05, 0.1) is 4.90 Å². The number of Topliss-reactive ketones (excluding diaryl/α,β-unsaturated/α-hetero) is 1. The lowest BCUT2D eigenvalue weighted by atomic mass is 10.1. The van der Waals surface area contributed by atoms with Crippen LogP contribution in [0.15, 0.2) is 71.6 Å². The minimum absolute atomic E-state index is 0.00450. The van der Waals surface area contributed by atoms with Crippen molar-refractivity contribution in [3.63, 3.8) is 0 Å². The van der Waals surface area contributed by atoms with E-state index in [-0.39, 0.29) is 28.5 Å². The molecule has 182 valence electrons. The molecule has 0 aromatic heterocycles. The molecule has 0 spiro atoms. The Hall–Kier alpha value is -4.18. The molecule has 0 saturated heterocycles. The van der Waals surface area contributed by atoms with E-state index in [0.29, 0.717) is 11.3 Å². The predicted octanol–water partition coefficient (Wildman–Crippen LogP) is 3.15. The Morgan fingerprint density at radius 3 is 1.94 bits per heavy atom. The number of rotatable bonds is 8. The van der Waals surface area contributed by atoms with Gasteiger partial charge in [-0.15, -0.1) is 0 Å². The van der Waals surface area contributed by atoms with E-state index in [1.165, 1.54) is 55.5 Å². The third kappa shape index (κ3) is 6.67. The molecule has 3 N–H and O–H groups in total. The fourth-order valence-electron chi connectivity index (χ4n) is 3.17. The van der Waals surface area contributed by atoms with Crippen molar-refractivity contribution >= 4 is 33.3 Å². The minimum atomic E-state index is -3.88. The SMILES string of the molecule is CC(=O)c1ccc(S(=O)(=O)Nc2ccc(C(=O)NNC(=O)COc3c(C)cccc3C)cc2)cc1. The lowest BCUT2D eigenvalue weighted by Crippen LogP contribution is -2.43. The summed E-state index contributed by atoms with van der Waals surface area (Å²) in [6.45, 7) is 4.86. The van der Waals surface area contributed by atoms with Gasteiger partial charge >= 0.3 is 0 Å². The quantitative estimate of drug-likeness (QED) is 0.325. The Morgan fingerprint density at radius 1 is 0.800 bits per heavy atom. The van der Waals surface area contributed by atoms with E-state index < -0.39 is 21.8 Å². The summed E-state index contributed by atoms with van der Waals surface area (Å²) in [5.74, 6) is -0.677. The van der Waals surface area contributed by atoms with Crippen molar-refractivity contribution in [1.82, 2.24) is 10.9 Å². The maximum absolute atomic E-state index is 12.6. The largest absolute Gasteiger partial charge is 0.483 e. The van der Waals surface area contributed by atoms with Crippen molar-refractivity contribution in [3.05, 3.63) is 89.0 Å². The van der Waals surface area contributed by atoms with E-state index in [2.05, 4.69) is 15.6 Å². The summed E-state index contributed by atoms with van der Waals surface area (Å²) in [5.41, 5.74) is 7.20. The number of sulfonamides is 1. The van der Waals surface area contributed by atoms with Crippen LogP contribution in [0.4, 0.5) is 5.69 Å². The van der Waals surface area contributed by atoms with Gasteiger partial charge in [0.15, 0.2) is 12.4 Å². The number of ether oxygens (including phenoxy) is 1. The van der Waals surface area contributed by atoms with Crippen molar-refractivity contribution in [3.8, 4) is 5.75 Å². The number of nitrogens with one attached hydrogen (secondary N) is 3. The van der Waals surface area contributed by atoms with Crippen LogP contribution in [0.5, 0.6) is 5.75 Å². The van der Waals surface area contributed by atoms with Gasteiger partial charge in [0.1, 0.15) is 5.75 Å². The predicted molar refractivity (Wildman–Crippen MR) is 131 cm³/mol. The highest BCUT2D eigenvalue weighted by molar-refractivity contribution is 7.92. The van der Waals surface area contributed by atoms with Crippen molar-refractivity contribution in [2.75, 3.05) is 11.3 Å². The number of hydrogen-bond acceptors (Lipinski definition) is 6. The molecule has 3 aromatic carbocycles. The van der Waals surface area contributed by atoms with Crippen LogP contribution in [0.1, 0.15) is 38.8 Å². The van der Waals surface area contributed by atoms with Crippen LogP contribution in [-0.2, 0) is 14.8 Å². The molecule has 0 radical (unpaired) electrons. The first-order chi connectivity index (χ1) is 16.6. The number of ketones is 1. The summed E-state index contributed by atoms with van der Waals surface area (Å²) in [5, 5.41) is 0. The van der Waals surface area contributed by atoms with Crippen molar-refractivity contribution in [1.29, 1.82) is 0 Å². The van der Waals surface area contributed by atoms with Gasteiger partial charge in [0, 0.05) is 16.8 Å². The molecule has 0 unspecified atom stereocenters. The van der Waals surface area contributed by atoms with Gasteiger partial charge in [-0.05, 0) is 68.3 Å². The maximum Gasteiger partial charge on any atom is 0.276 e. The molecule has 0 aliphatic rings. The Kier molecular flexibility index (Phi) is 7.87. The van der Waals surface area contributed by atoms with E-state index in [4.69, 9.17) is 4.74 Å². The molecule has 0 bridgehead atoms. The molecule has 0 atom stereocenters. The average Bonchev–Trinajstić information content (AvgIpc) is 2.82. The topological polar surface area (TPSA) is 131 Å². The summed E-state index contributed by atoms with van der Waals surface area (Å²) in [7, 11) is -3.88. The second kappa shape index (κ2) is 10.8. The van der Waals surface area contributed by atoms with Gasteiger partial charge in [-0.1, -0.05) is 30.3 Å². The van der Waals surface area contributed by atoms with Crippen molar-refractivity contribution < 1.29 is 27.5 Å². The number of hydrogen-bond donors (Lipinski definition) is 3. The molecule has 0 heterocycles. The van der Waals surface area contributed by atoms with Gasteiger partial charge < -0.3 is 4.74 Å². The van der Waals surface area contributed by atoms with Gasteiger partial charge in [-0.3, -0.25) is 30.0 Å². The van der Waals surface area contributed by atoms with Crippen LogP contribution in [0.3, 0.4) is 0 Å². The van der Waals surface area contributed by atoms with E-state index in [1.807, 2.05) is 32.0 Å². The summed E-state index contributed by atoms with van der Waals surface area (Å²) >= 11 is 0. The Bertz CT molecular complexity index is 1330. The van der Waals surface area contributed by atoms with E-state index >= 15 is 0 Å². The lowest BCUT2D eigenvalue weighted by molar-refractivity contribution is -0.123. The average molecular weight is 496 g/mol. The molecule has 3 rings (SSSR count). The molecular weight excluding hydrogens is 470 g/mol. The second-order valence-electron chi connectivity index (χ2n) is 7.78. The van der Waals surface area contributed by atoms with E-state index in [9.17, 15) is 22.8 Å². The third-order valence-electron chi connectivity index (χ3n) is 5.04. The van der Waals surface area contributed by atoms with E-state index in [0.717, 1.165) is 11.1 Å². The Balaban J connectivity index is 1.53. The highest BCUT2D eigenvalue weighted by Gasteiger charge is 2.15. The normalized spacial score (nSPS) is 10.8. The van der Waals surface area contributed by atoms with Gasteiger partial charge in [0.25, 0.3) is 21.8 Å². The molecular formula is C25H25N3O6S. The maximum atomic E-state index is 12.6. The minimum Gasteiger partial charge on any atom is -0.483 e.